The van der Waals surface area contributed by atoms with Crippen molar-refractivity contribution in [2.45, 2.75) is 6.92 Å². The number of furan rings is 1. The third-order valence-electron chi connectivity index (χ3n) is 1.11. The van der Waals surface area contributed by atoms with Crippen LogP contribution in [-0.4, -0.2) is 12.6 Å². The zero-order chi connectivity index (χ0) is 8.27. The Balaban J connectivity index is 2.76. The summed E-state index contributed by atoms with van der Waals surface area (Å²) in [5.41, 5.74) is 0.423. The van der Waals surface area contributed by atoms with E-state index >= 15 is 0 Å². The molecule has 60 valence electrons. The Morgan fingerprint density at radius 2 is 2.55 bits per heavy atom. The van der Waals surface area contributed by atoms with Crippen molar-refractivity contribution in [3.63, 3.8) is 0 Å². The summed E-state index contributed by atoms with van der Waals surface area (Å²) in [4.78, 5) is 11.0. The monoisotopic (exact) mass is 218 g/mol. The van der Waals surface area contributed by atoms with Gasteiger partial charge in [0, 0.05) is 0 Å². The number of carbonyl (C=O) groups excluding carboxylic acids is 1. The molecule has 0 bridgehead atoms. The third kappa shape index (κ3) is 1.83. The summed E-state index contributed by atoms with van der Waals surface area (Å²) in [5, 5.41) is 0. The molecule has 0 radical (unpaired) electrons. The van der Waals surface area contributed by atoms with E-state index in [0.717, 1.165) is 0 Å². The van der Waals surface area contributed by atoms with Gasteiger partial charge < -0.3 is 9.15 Å². The molecule has 1 rings (SSSR count). The molecule has 11 heavy (non-hydrogen) atoms. The number of hydrogen-bond acceptors (Lipinski definition) is 3. The molecule has 1 aromatic rings. The summed E-state index contributed by atoms with van der Waals surface area (Å²) in [6.07, 6.45) is 1.43. The molecule has 0 amide bonds. The SMILES string of the molecule is CCOC(=O)c1ccoc1Br. The number of rotatable bonds is 2. The Morgan fingerprint density at radius 1 is 1.82 bits per heavy atom. The first-order valence-electron chi connectivity index (χ1n) is 3.15. The maximum atomic E-state index is 11.0. The van der Waals surface area contributed by atoms with E-state index in [4.69, 9.17) is 9.15 Å². The molecule has 0 spiro atoms. The first-order valence-corrected chi connectivity index (χ1v) is 3.95. The molecule has 3 nitrogen and oxygen atoms in total. The van der Waals surface area contributed by atoms with Gasteiger partial charge in [-0.15, -0.1) is 0 Å². The van der Waals surface area contributed by atoms with Crippen LogP contribution in [-0.2, 0) is 4.74 Å². The molecule has 0 aromatic carbocycles. The fourth-order valence-electron chi connectivity index (χ4n) is 0.648. The minimum absolute atomic E-state index is 0.367. The van der Waals surface area contributed by atoms with Crippen molar-refractivity contribution in [2.24, 2.45) is 0 Å². The van der Waals surface area contributed by atoms with Gasteiger partial charge in [-0.1, -0.05) is 0 Å². The molecule has 0 aliphatic heterocycles. The highest BCUT2D eigenvalue weighted by atomic mass is 79.9. The molecule has 0 N–H and O–H groups in total. The fourth-order valence-corrected chi connectivity index (χ4v) is 1.05. The van der Waals surface area contributed by atoms with Crippen molar-refractivity contribution in [1.82, 2.24) is 0 Å². The van der Waals surface area contributed by atoms with Gasteiger partial charge >= 0.3 is 5.97 Å². The fraction of sp³-hybridized carbons (Fsp3) is 0.286. The Bertz CT molecular complexity index is 254. The second-order valence-corrected chi connectivity index (χ2v) is 2.55. The topological polar surface area (TPSA) is 39.4 Å². The summed E-state index contributed by atoms with van der Waals surface area (Å²) < 4.78 is 10.00. The van der Waals surface area contributed by atoms with E-state index in [2.05, 4.69) is 15.9 Å². The first-order chi connectivity index (χ1) is 5.25. The van der Waals surface area contributed by atoms with Gasteiger partial charge in [-0.25, -0.2) is 4.79 Å². The van der Waals surface area contributed by atoms with Crippen LogP contribution in [0.25, 0.3) is 0 Å². The Kier molecular flexibility index (Phi) is 2.70. The zero-order valence-corrected chi connectivity index (χ0v) is 7.55. The van der Waals surface area contributed by atoms with Gasteiger partial charge in [-0.2, -0.15) is 0 Å². The van der Waals surface area contributed by atoms with Crippen LogP contribution in [0.2, 0.25) is 0 Å². The average molecular weight is 219 g/mol. The first kappa shape index (κ1) is 8.33. The molecule has 1 aromatic heterocycles. The Morgan fingerprint density at radius 3 is 3.00 bits per heavy atom. The number of halogens is 1. The molecule has 1 heterocycles. The standard InChI is InChI=1S/C7H7BrO3/c1-2-10-7(9)5-3-4-11-6(5)8/h3-4H,2H2,1H3. The minimum Gasteiger partial charge on any atom is -0.462 e. The van der Waals surface area contributed by atoms with Crippen molar-refractivity contribution in [3.8, 4) is 0 Å². The lowest BCUT2D eigenvalue weighted by molar-refractivity contribution is 0.0524. The molecule has 0 aliphatic carbocycles. The van der Waals surface area contributed by atoms with Crippen molar-refractivity contribution in [1.29, 1.82) is 0 Å². The molecule has 0 aliphatic rings. The lowest BCUT2D eigenvalue weighted by Gasteiger charge is -1.97. The third-order valence-corrected chi connectivity index (χ3v) is 1.73. The summed E-state index contributed by atoms with van der Waals surface area (Å²) in [6, 6.07) is 1.56. The maximum absolute atomic E-state index is 11.0. The number of ether oxygens (including phenoxy) is 1. The van der Waals surface area contributed by atoms with E-state index in [1.165, 1.54) is 6.26 Å². The zero-order valence-electron chi connectivity index (χ0n) is 5.96. The van der Waals surface area contributed by atoms with E-state index in [0.29, 0.717) is 16.8 Å². The van der Waals surface area contributed by atoms with E-state index in [1.54, 1.807) is 13.0 Å². The van der Waals surface area contributed by atoms with Crippen molar-refractivity contribution >= 4 is 21.9 Å². The molecule has 0 unspecified atom stereocenters. The summed E-state index contributed by atoms with van der Waals surface area (Å²) >= 11 is 3.07. The molecule has 0 saturated heterocycles. The van der Waals surface area contributed by atoms with Crippen LogP contribution in [0.15, 0.2) is 21.4 Å². The summed E-state index contributed by atoms with van der Waals surface area (Å²) in [5.74, 6) is -0.367. The van der Waals surface area contributed by atoms with E-state index < -0.39 is 0 Å². The lowest BCUT2D eigenvalue weighted by atomic mass is 10.3. The van der Waals surface area contributed by atoms with Crippen LogP contribution < -0.4 is 0 Å². The lowest BCUT2D eigenvalue weighted by Crippen LogP contribution is -2.03. The predicted molar refractivity (Wildman–Crippen MR) is 42.4 cm³/mol. The van der Waals surface area contributed by atoms with Crippen molar-refractivity contribution < 1.29 is 13.9 Å². The molecule has 0 fully saturated rings. The molecular weight excluding hydrogens is 212 g/mol. The molecular formula is C7H7BrO3. The van der Waals surface area contributed by atoms with Gasteiger partial charge in [0.2, 0.25) is 0 Å². The molecule has 0 atom stereocenters. The predicted octanol–water partition coefficient (Wildman–Crippen LogP) is 2.22. The largest absolute Gasteiger partial charge is 0.462 e. The van der Waals surface area contributed by atoms with Gasteiger partial charge in [-0.05, 0) is 28.9 Å². The average Bonchev–Trinajstić information content (AvgIpc) is 2.36. The molecule has 4 heteroatoms. The van der Waals surface area contributed by atoms with Crippen LogP contribution in [0.5, 0.6) is 0 Å². The number of esters is 1. The van der Waals surface area contributed by atoms with Crippen LogP contribution in [0.3, 0.4) is 0 Å². The van der Waals surface area contributed by atoms with Crippen LogP contribution in [0, 0.1) is 0 Å². The van der Waals surface area contributed by atoms with Crippen LogP contribution >= 0.6 is 15.9 Å². The van der Waals surface area contributed by atoms with Crippen molar-refractivity contribution in [3.05, 3.63) is 22.6 Å². The van der Waals surface area contributed by atoms with Crippen LogP contribution in [0.4, 0.5) is 0 Å². The van der Waals surface area contributed by atoms with Gasteiger partial charge in [-0.3, -0.25) is 0 Å². The number of carbonyl (C=O) groups is 1. The highest BCUT2D eigenvalue weighted by molar-refractivity contribution is 9.10. The van der Waals surface area contributed by atoms with Crippen LogP contribution in [0.1, 0.15) is 17.3 Å². The highest BCUT2D eigenvalue weighted by Crippen LogP contribution is 2.17. The normalized spacial score (nSPS) is 9.64. The van der Waals surface area contributed by atoms with E-state index in [-0.39, 0.29) is 5.97 Å². The van der Waals surface area contributed by atoms with E-state index in [1.807, 2.05) is 0 Å². The Hall–Kier alpha value is -0.770. The molecule has 0 saturated carbocycles. The second kappa shape index (κ2) is 3.57. The highest BCUT2D eigenvalue weighted by Gasteiger charge is 2.12. The van der Waals surface area contributed by atoms with E-state index in [9.17, 15) is 4.79 Å². The number of hydrogen-bond donors (Lipinski definition) is 0. The maximum Gasteiger partial charge on any atom is 0.342 e. The Labute approximate surface area is 72.5 Å². The van der Waals surface area contributed by atoms with Gasteiger partial charge in [0.25, 0.3) is 0 Å². The van der Waals surface area contributed by atoms with Gasteiger partial charge in [0.05, 0.1) is 12.9 Å². The minimum atomic E-state index is -0.367. The van der Waals surface area contributed by atoms with Gasteiger partial charge in [0.1, 0.15) is 5.56 Å². The smallest absolute Gasteiger partial charge is 0.342 e. The quantitative estimate of drug-likeness (QED) is 0.716. The van der Waals surface area contributed by atoms with Gasteiger partial charge in [0.15, 0.2) is 4.67 Å². The second-order valence-electron chi connectivity index (χ2n) is 1.83. The van der Waals surface area contributed by atoms with Crippen molar-refractivity contribution in [2.75, 3.05) is 6.61 Å². The summed E-state index contributed by atoms with van der Waals surface area (Å²) in [6.45, 7) is 2.13. The summed E-state index contributed by atoms with van der Waals surface area (Å²) in [7, 11) is 0.